The van der Waals surface area contributed by atoms with E-state index in [0.29, 0.717) is 11.3 Å². The third-order valence-corrected chi connectivity index (χ3v) is 4.56. The van der Waals surface area contributed by atoms with Crippen LogP contribution in [0.15, 0.2) is 53.4 Å². The second kappa shape index (κ2) is 7.97. The second-order valence-electron chi connectivity index (χ2n) is 5.57. The summed E-state index contributed by atoms with van der Waals surface area (Å²) in [7, 11) is 0. The fraction of sp³-hybridized carbons (Fsp3) is 0.263. The van der Waals surface area contributed by atoms with Crippen molar-refractivity contribution in [3.63, 3.8) is 0 Å². The minimum absolute atomic E-state index is 0.0569. The molecule has 0 saturated carbocycles. The second-order valence-corrected chi connectivity index (χ2v) is 6.62. The maximum Gasteiger partial charge on any atom is 0.217 e. The molecule has 4 heteroatoms. The molecule has 0 aliphatic heterocycles. The zero-order valence-corrected chi connectivity index (χ0v) is 14.4. The van der Waals surface area contributed by atoms with Crippen molar-refractivity contribution in [1.29, 1.82) is 0 Å². The molecular formula is C19H21NO2S. The highest BCUT2D eigenvalue weighted by molar-refractivity contribution is 8.00. The van der Waals surface area contributed by atoms with E-state index >= 15 is 0 Å². The van der Waals surface area contributed by atoms with Crippen molar-refractivity contribution in [2.24, 2.45) is 0 Å². The van der Waals surface area contributed by atoms with Gasteiger partial charge >= 0.3 is 0 Å². The number of nitrogens with one attached hydrogen (secondary N) is 1. The number of benzene rings is 2. The van der Waals surface area contributed by atoms with Gasteiger partial charge in [-0.3, -0.25) is 9.59 Å². The Morgan fingerprint density at radius 3 is 2.22 bits per heavy atom. The lowest BCUT2D eigenvalue weighted by Crippen LogP contribution is -2.23. The lowest BCUT2D eigenvalue weighted by molar-refractivity contribution is -0.119. The largest absolute Gasteiger partial charge is 0.350 e. The van der Waals surface area contributed by atoms with Crippen LogP contribution in [0.1, 0.15) is 41.4 Å². The molecule has 0 spiro atoms. The van der Waals surface area contributed by atoms with Crippen LogP contribution >= 0.6 is 11.8 Å². The average Bonchev–Trinajstić information content (AvgIpc) is 2.53. The monoisotopic (exact) mass is 327 g/mol. The number of aryl methyl sites for hydroxylation is 1. The van der Waals surface area contributed by atoms with Gasteiger partial charge in [-0.05, 0) is 31.5 Å². The Morgan fingerprint density at radius 2 is 1.65 bits per heavy atom. The van der Waals surface area contributed by atoms with Gasteiger partial charge in [0.05, 0.1) is 11.8 Å². The summed E-state index contributed by atoms with van der Waals surface area (Å²) in [5.74, 6) is 0.463. The summed E-state index contributed by atoms with van der Waals surface area (Å²) in [5, 5.41) is 2.83. The summed E-state index contributed by atoms with van der Waals surface area (Å²) in [6.07, 6.45) is 0. The lowest BCUT2D eigenvalue weighted by atomic mass is 10.0. The van der Waals surface area contributed by atoms with Crippen molar-refractivity contribution in [2.75, 3.05) is 5.75 Å². The smallest absolute Gasteiger partial charge is 0.217 e. The van der Waals surface area contributed by atoms with Crippen LogP contribution in [0, 0.1) is 6.92 Å². The minimum Gasteiger partial charge on any atom is -0.350 e. The summed E-state index contributed by atoms with van der Waals surface area (Å²) in [4.78, 5) is 24.4. The zero-order valence-electron chi connectivity index (χ0n) is 13.6. The Hall–Kier alpha value is -2.07. The molecule has 0 heterocycles. The van der Waals surface area contributed by atoms with Crippen LogP contribution in [-0.2, 0) is 4.79 Å². The molecule has 1 N–H and O–H groups in total. The maximum absolute atomic E-state index is 12.3. The maximum atomic E-state index is 12.3. The third-order valence-electron chi connectivity index (χ3n) is 3.54. The predicted octanol–water partition coefficient (Wildman–Crippen LogP) is 4.17. The highest BCUT2D eigenvalue weighted by atomic mass is 32.2. The number of thioether (sulfide) groups is 1. The van der Waals surface area contributed by atoms with E-state index in [0.717, 1.165) is 10.5 Å². The van der Waals surface area contributed by atoms with E-state index in [9.17, 15) is 9.59 Å². The zero-order chi connectivity index (χ0) is 16.8. The van der Waals surface area contributed by atoms with Crippen LogP contribution in [0.4, 0.5) is 0 Å². The molecule has 1 unspecified atom stereocenters. The molecule has 2 rings (SSSR count). The predicted molar refractivity (Wildman–Crippen MR) is 94.9 cm³/mol. The van der Waals surface area contributed by atoms with E-state index in [1.807, 2.05) is 62.4 Å². The summed E-state index contributed by atoms with van der Waals surface area (Å²) in [5.41, 5.74) is 2.90. The summed E-state index contributed by atoms with van der Waals surface area (Å²) >= 11 is 1.54. The average molecular weight is 327 g/mol. The van der Waals surface area contributed by atoms with Crippen molar-refractivity contribution in [3.8, 4) is 0 Å². The molecule has 0 radical (unpaired) electrons. The fourth-order valence-electron chi connectivity index (χ4n) is 2.21. The number of rotatable bonds is 6. The Labute approximate surface area is 141 Å². The summed E-state index contributed by atoms with van der Waals surface area (Å²) in [6, 6.07) is 15.5. The topological polar surface area (TPSA) is 46.2 Å². The van der Waals surface area contributed by atoms with Gasteiger partial charge in [-0.25, -0.2) is 0 Å². The van der Waals surface area contributed by atoms with Gasteiger partial charge in [0.1, 0.15) is 0 Å². The van der Waals surface area contributed by atoms with Crippen molar-refractivity contribution in [3.05, 3.63) is 65.2 Å². The quantitative estimate of drug-likeness (QED) is 0.640. The molecule has 0 saturated heterocycles. The summed E-state index contributed by atoms with van der Waals surface area (Å²) in [6.45, 7) is 5.46. The highest BCUT2D eigenvalue weighted by Crippen LogP contribution is 2.20. The standard InChI is InChI=1S/C19H21NO2S/c1-13-4-10-18(11-5-13)23-12-19(22)17-8-6-16(7-9-17)14(2)20-15(3)21/h4-11,14H,12H2,1-3H3,(H,20,21). The molecule has 0 aliphatic carbocycles. The van der Waals surface area contributed by atoms with Crippen LogP contribution in [0.2, 0.25) is 0 Å². The van der Waals surface area contributed by atoms with E-state index in [2.05, 4.69) is 5.32 Å². The van der Waals surface area contributed by atoms with E-state index in [1.165, 1.54) is 12.5 Å². The molecular weight excluding hydrogens is 306 g/mol. The molecule has 0 aliphatic rings. The van der Waals surface area contributed by atoms with E-state index in [4.69, 9.17) is 0 Å². The molecule has 0 fully saturated rings. The van der Waals surface area contributed by atoms with E-state index < -0.39 is 0 Å². The van der Waals surface area contributed by atoms with Crippen LogP contribution in [0.3, 0.4) is 0 Å². The van der Waals surface area contributed by atoms with Gasteiger partial charge in [-0.15, -0.1) is 11.8 Å². The first-order valence-electron chi connectivity index (χ1n) is 7.55. The number of hydrogen-bond acceptors (Lipinski definition) is 3. The molecule has 2 aromatic carbocycles. The van der Waals surface area contributed by atoms with Crippen LogP contribution in [-0.4, -0.2) is 17.4 Å². The Bertz CT molecular complexity index is 678. The Kier molecular flexibility index (Phi) is 5.99. The minimum atomic E-state index is -0.0628. The van der Waals surface area contributed by atoms with Crippen LogP contribution in [0.25, 0.3) is 0 Å². The van der Waals surface area contributed by atoms with Crippen LogP contribution < -0.4 is 5.32 Å². The van der Waals surface area contributed by atoms with E-state index in [-0.39, 0.29) is 17.7 Å². The number of hydrogen-bond donors (Lipinski definition) is 1. The van der Waals surface area contributed by atoms with Gasteiger partial charge in [0.25, 0.3) is 0 Å². The van der Waals surface area contributed by atoms with Crippen molar-refractivity contribution >= 4 is 23.5 Å². The molecule has 1 atom stereocenters. The van der Waals surface area contributed by atoms with Crippen molar-refractivity contribution in [2.45, 2.75) is 31.7 Å². The Morgan fingerprint density at radius 1 is 1.04 bits per heavy atom. The first-order chi connectivity index (χ1) is 11.0. The third kappa shape index (κ3) is 5.25. The number of ketones is 1. The number of amides is 1. The fourth-order valence-corrected chi connectivity index (χ4v) is 3.01. The van der Waals surface area contributed by atoms with Gasteiger partial charge in [0, 0.05) is 17.4 Å². The van der Waals surface area contributed by atoms with Gasteiger partial charge < -0.3 is 5.32 Å². The van der Waals surface area contributed by atoms with E-state index in [1.54, 1.807) is 11.8 Å². The highest BCUT2D eigenvalue weighted by Gasteiger charge is 2.10. The molecule has 23 heavy (non-hydrogen) atoms. The van der Waals surface area contributed by atoms with Crippen molar-refractivity contribution in [1.82, 2.24) is 5.32 Å². The van der Waals surface area contributed by atoms with Gasteiger partial charge in [0.2, 0.25) is 5.91 Å². The molecule has 0 aromatic heterocycles. The lowest BCUT2D eigenvalue weighted by Gasteiger charge is -2.13. The molecule has 3 nitrogen and oxygen atoms in total. The first kappa shape index (κ1) is 17.3. The first-order valence-corrected chi connectivity index (χ1v) is 8.54. The van der Waals surface area contributed by atoms with Crippen molar-refractivity contribution < 1.29 is 9.59 Å². The van der Waals surface area contributed by atoms with Gasteiger partial charge in [-0.1, -0.05) is 42.0 Å². The van der Waals surface area contributed by atoms with Gasteiger partial charge in [-0.2, -0.15) is 0 Å². The normalized spacial score (nSPS) is 11.8. The van der Waals surface area contributed by atoms with Crippen LogP contribution in [0.5, 0.6) is 0 Å². The number of carbonyl (C=O) groups is 2. The molecule has 120 valence electrons. The number of Topliss-reactive ketones (excluding diaryl/α,β-unsaturated/α-hetero) is 1. The summed E-state index contributed by atoms with van der Waals surface area (Å²) < 4.78 is 0. The Balaban J connectivity index is 1.94. The molecule has 0 bridgehead atoms. The SMILES string of the molecule is CC(=O)NC(C)c1ccc(C(=O)CSc2ccc(C)cc2)cc1. The molecule has 1 amide bonds. The molecule has 2 aromatic rings. The van der Waals surface area contributed by atoms with Gasteiger partial charge in [0.15, 0.2) is 5.78 Å². The number of carbonyl (C=O) groups excluding carboxylic acids is 2.